The maximum atomic E-state index is 3.50. The van der Waals surface area contributed by atoms with E-state index in [1.807, 2.05) is 0 Å². The number of rotatable bonds is 2. The quantitative estimate of drug-likeness (QED) is 0.800. The van der Waals surface area contributed by atoms with E-state index in [1.54, 1.807) is 0 Å². The van der Waals surface area contributed by atoms with Gasteiger partial charge in [-0.15, -0.1) is 0 Å². The molecule has 0 bridgehead atoms. The Morgan fingerprint density at radius 3 is 2.00 bits per heavy atom. The first kappa shape index (κ1) is 12.9. The first-order valence-electron chi connectivity index (χ1n) is 7.96. The van der Waals surface area contributed by atoms with Crippen LogP contribution in [-0.4, -0.2) is 62.2 Å². The molecule has 3 aliphatic rings. The summed E-state index contributed by atoms with van der Waals surface area (Å²) >= 11 is 0. The van der Waals surface area contributed by atoms with Gasteiger partial charge in [0, 0.05) is 12.6 Å². The third kappa shape index (κ3) is 2.89. The molecule has 18 heavy (non-hydrogen) atoms. The van der Waals surface area contributed by atoms with Gasteiger partial charge in [-0.3, -0.25) is 4.90 Å². The average Bonchev–Trinajstić information content (AvgIpc) is 2.94. The van der Waals surface area contributed by atoms with E-state index in [0.29, 0.717) is 0 Å². The van der Waals surface area contributed by atoms with Gasteiger partial charge in [-0.05, 0) is 83.7 Å². The van der Waals surface area contributed by atoms with Crippen LogP contribution in [0.1, 0.15) is 32.1 Å². The highest BCUT2D eigenvalue weighted by Gasteiger charge is 2.31. The van der Waals surface area contributed by atoms with Gasteiger partial charge in [0.2, 0.25) is 0 Å². The van der Waals surface area contributed by atoms with Crippen LogP contribution in [0, 0.1) is 11.8 Å². The second-order valence-corrected chi connectivity index (χ2v) is 6.66. The lowest BCUT2D eigenvalue weighted by atomic mass is 9.78. The number of nitrogens with one attached hydrogen (secondary N) is 1. The molecule has 3 heteroatoms. The van der Waals surface area contributed by atoms with E-state index in [2.05, 4.69) is 22.2 Å². The lowest BCUT2D eigenvalue weighted by molar-refractivity contribution is 0.0866. The molecule has 0 aromatic rings. The van der Waals surface area contributed by atoms with Gasteiger partial charge in [-0.1, -0.05) is 0 Å². The summed E-state index contributed by atoms with van der Waals surface area (Å²) in [5.74, 6) is 2.06. The summed E-state index contributed by atoms with van der Waals surface area (Å²) in [5, 5.41) is 3.50. The molecular formula is C15H29N3. The molecular weight excluding hydrogens is 222 g/mol. The second-order valence-electron chi connectivity index (χ2n) is 6.66. The lowest BCUT2D eigenvalue weighted by Gasteiger charge is -2.41. The van der Waals surface area contributed by atoms with Crippen LogP contribution in [0.4, 0.5) is 0 Å². The second kappa shape index (κ2) is 5.89. The van der Waals surface area contributed by atoms with Crippen molar-refractivity contribution in [3.05, 3.63) is 0 Å². The van der Waals surface area contributed by atoms with Crippen molar-refractivity contribution in [2.45, 2.75) is 38.1 Å². The van der Waals surface area contributed by atoms with E-state index in [1.165, 1.54) is 71.4 Å². The van der Waals surface area contributed by atoms with Gasteiger partial charge in [-0.25, -0.2) is 0 Å². The van der Waals surface area contributed by atoms with Crippen molar-refractivity contribution in [3.63, 3.8) is 0 Å². The zero-order valence-corrected chi connectivity index (χ0v) is 11.9. The van der Waals surface area contributed by atoms with Crippen molar-refractivity contribution in [1.29, 1.82) is 0 Å². The predicted octanol–water partition coefficient (Wildman–Crippen LogP) is 1.40. The van der Waals surface area contributed by atoms with E-state index < -0.39 is 0 Å². The molecule has 3 rings (SSSR count). The Hall–Kier alpha value is -0.120. The monoisotopic (exact) mass is 251 g/mol. The molecule has 0 saturated carbocycles. The molecule has 0 radical (unpaired) electrons. The first-order chi connectivity index (χ1) is 8.83. The molecule has 0 amide bonds. The van der Waals surface area contributed by atoms with Gasteiger partial charge in [0.25, 0.3) is 0 Å². The fourth-order valence-corrected chi connectivity index (χ4v) is 4.21. The highest BCUT2D eigenvalue weighted by atomic mass is 15.2. The Bertz CT molecular complexity index is 246. The van der Waals surface area contributed by atoms with Crippen LogP contribution in [0.2, 0.25) is 0 Å². The van der Waals surface area contributed by atoms with Crippen LogP contribution in [0.3, 0.4) is 0 Å². The Morgan fingerprint density at radius 1 is 0.833 bits per heavy atom. The normalized spacial score (nSPS) is 34.2. The molecule has 0 spiro atoms. The van der Waals surface area contributed by atoms with E-state index >= 15 is 0 Å². The molecule has 0 aromatic carbocycles. The van der Waals surface area contributed by atoms with Crippen LogP contribution in [0.5, 0.6) is 0 Å². The van der Waals surface area contributed by atoms with Crippen molar-refractivity contribution in [2.75, 3.05) is 46.3 Å². The standard InChI is InChI=1S/C15H29N3/c1-17-8-3-13(4-9-17)14-5-10-18(11-6-14)15-2-7-16-12-15/h13-16H,2-12H2,1H3. The van der Waals surface area contributed by atoms with Gasteiger partial charge in [-0.2, -0.15) is 0 Å². The van der Waals surface area contributed by atoms with E-state index in [9.17, 15) is 0 Å². The predicted molar refractivity (Wildman–Crippen MR) is 75.8 cm³/mol. The number of likely N-dealkylation sites (tertiary alicyclic amines) is 2. The average molecular weight is 251 g/mol. The molecule has 1 N–H and O–H groups in total. The third-order valence-corrected chi connectivity index (χ3v) is 5.55. The minimum absolute atomic E-state index is 0.850. The Balaban J connectivity index is 1.44. The smallest absolute Gasteiger partial charge is 0.0232 e. The highest BCUT2D eigenvalue weighted by Crippen LogP contribution is 2.32. The topological polar surface area (TPSA) is 18.5 Å². The Labute approximate surface area is 112 Å². The van der Waals surface area contributed by atoms with Gasteiger partial charge in [0.05, 0.1) is 0 Å². The van der Waals surface area contributed by atoms with Gasteiger partial charge in [0.1, 0.15) is 0 Å². The van der Waals surface area contributed by atoms with E-state index in [4.69, 9.17) is 0 Å². The minimum Gasteiger partial charge on any atom is -0.315 e. The first-order valence-corrected chi connectivity index (χ1v) is 7.96. The molecule has 0 aromatic heterocycles. The van der Waals surface area contributed by atoms with E-state index in [0.717, 1.165) is 17.9 Å². The number of hydrogen-bond acceptors (Lipinski definition) is 3. The summed E-state index contributed by atoms with van der Waals surface area (Å²) in [7, 11) is 2.27. The summed E-state index contributed by atoms with van der Waals surface area (Å²) in [4.78, 5) is 5.25. The summed E-state index contributed by atoms with van der Waals surface area (Å²) in [5.41, 5.74) is 0. The van der Waals surface area contributed by atoms with Crippen molar-refractivity contribution in [2.24, 2.45) is 11.8 Å². The number of piperidine rings is 2. The molecule has 3 heterocycles. The number of nitrogens with zero attached hydrogens (tertiary/aromatic N) is 2. The SMILES string of the molecule is CN1CCC(C2CCN(C3CCNC3)CC2)CC1. The van der Waals surface area contributed by atoms with Gasteiger partial charge >= 0.3 is 0 Å². The zero-order valence-electron chi connectivity index (χ0n) is 11.9. The number of hydrogen-bond donors (Lipinski definition) is 1. The van der Waals surface area contributed by atoms with Gasteiger partial charge < -0.3 is 10.2 Å². The molecule has 3 nitrogen and oxygen atoms in total. The molecule has 104 valence electrons. The van der Waals surface area contributed by atoms with Crippen LogP contribution in [0.25, 0.3) is 0 Å². The summed E-state index contributed by atoms with van der Waals surface area (Å²) < 4.78 is 0. The maximum Gasteiger partial charge on any atom is 0.0232 e. The molecule has 3 saturated heterocycles. The fraction of sp³-hybridized carbons (Fsp3) is 1.00. The molecule has 3 aliphatic heterocycles. The molecule has 1 unspecified atom stereocenters. The summed E-state index contributed by atoms with van der Waals surface area (Å²) in [6, 6.07) is 0.850. The third-order valence-electron chi connectivity index (χ3n) is 5.55. The van der Waals surface area contributed by atoms with Crippen molar-refractivity contribution in [3.8, 4) is 0 Å². The molecule has 1 atom stereocenters. The molecule has 3 fully saturated rings. The maximum absolute atomic E-state index is 3.50. The van der Waals surface area contributed by atoms with Crippen LogP contribution < -0.4 is 5.32 Å². The van der Waals surface area contributed by atoms with Gasteiger partial charge in [0.15, 0.2) is 0 Å². The van der Waals surface area contributed by atoms with Crippen molar-refractivity contribution >= 4 is 0 Å². The zero-order chi connectivity index (χ0) is 12.4. The highest BCUT2D eigenvalue weighted by molar-refractivity contribution is 4.86. The van der Waals surface area contributed by atoms with E-state index in [-0.39, 0.29) is 0 Å². The molecule has 0 aliphatic carbocycles. The van der Waals surface area contributed by atoms with Crippen molar-refractivity contribution in [1.82, 2.24) is 15.1 Å². The largest absolute Gasteiger partial charge is 0.315 e. The van der Waals surface area contributed by atoms with Crippen LogP contribution >= 0.6 is 0 Å². The van der Waals surface area contributed by atoms with Crippen molar-refractivity contribution < 1.29 is 0 Å². The fourth-order valence-electron chi connectivity index (χ4n) is 4.21. The summed E-state index contributed by atoms with van der Waals surface area (Å²) in [6.07, 6.45) is 7.20. The summed E-state index contributed by atoms with van der Waals surface area (Å²) in [6.45, 7) is 7.86. The van der Waals surface area contributed by atoms with Crippen LogP contribution in [-0.2, 0) is 0 Å². The minimum atomic E-state index is 0.850. The Kier molecular flexibility index (Phi) is 4.22. The Morgan fingerprint density at radius 2 is 1.44 bits per heavy atom. The lowest BCUT2D eigenvalue weighted by Crippen LogP contribution is -2.44. The van der Waals surface area contributed by atoms with Crippen LogP contribution in [0.15, 0.2) is 0 Å².